The second-order valence-corrected chi connectivity index (χ2v) is 12.2. The normalized spacial score (nSPS) is 28.7. The average molecular weight is 529 g/mol. The maximum atomic E-state index is 13.6. The highest BCUT2D eigenvalue weighted by molar-refractivity contribution is 8.00. The van der Waals surface area contributed by atoms with Crippen LogP contribution in [0.15, 0.2) is 27.9 Å². The van der Waals surface area contributed by atoms with E-state index in [0.29, 0.717) is 30.4 Å². The van der Waals surface area contributed by atoms with Gasteiger partial charge in [0, 0.05) is 25.7 Å². The topological polar surface area (TPSA) is 136 Å². The molecule has 0 spiro atoms. The molecule has 190 valence electrons. The fraction of sp³-hybridized carbons (Fsp3) is 0.600. The van der Waals surface area contributed by atoms with Crippen molar-refractivity contribution >= 4 is 32.8 Å². The fourth-order valence-corrected chi connectivity index (χ4v) is 6.99. The fourth-order valence-electron chi connectivity index (χ4n) is 4.60. The number of hydrogen-bond donors (Lipinski definition) is 4. The van der Waals surface area contributed by atoms with Gasteiger partial charge in [0.25, 0.3) is 6.43 Å². The molecule has 1 aromatic heterocycles. The number of benzene rings is 1. The minimum absolute atomic E-state index is 0.00769. The number of likely N-dealkylation sites (N-methyl/N-ethyl adjacent to an activating group) is 1. The number of rotatable bonds is 7. The van der Waals surface area contributed by atoms with Crippen LogP contribution in [0.3, 0.4) is 0 Å². The molecule has 1 saturated carbocycles. The molecule has 2 aromatic rings. The Labute approximate surface area is 204 Å². The van der Waals surface area contributed by atoms with Gasteiger partial charge < -0.3 is 0 Å². The molecule has 0 bridgehead atoms. The van der Waals surface area contributed by atoms with Crippen molar-refractivity contribution in [3.63, 3.8) is 0 Å². The minimum atomic E-state index is -4.04. The van der Waals surface area contributed by atoms with E-state index in [2.05, 4.69) is 21.0 Å². The van der Waals surface area contributed by atoms with Crippen molar-refractivity contribution in [2.24, 2.45) is 0 Å². The van der Waals surface area contributed by atoms with E-state index in [1.807, 2.05) is 25.0 Å². The van der Waals surface area contributed by atoms with Crippen LogP contribution in [-0.4, -0.2) is 59.0 Å². The van der Waals surface area contributed by atoms with Crippen LogP contribution in [0.4, 0.5) is 8.78 Å². The molecule has 0 radical (unpaired) electrons. The first-order valence-electron chi connectivity index (χ1n) is 11.2. The molecule has 2 aliphatic heterocycles. The Morgan fingerprint density at radius 2 is 2.06 bits per heavy atom. The second-order valence-electron chi connectivity index (χ2n) is 9.28. The average Bonchev–Trinajstić information content (AvgIpc) is 3.12. The molecule has 11 nitrogen and oxygen atoms in total. The summed E-state index contributed by atoms with van der Waals surface area (Å²) >= 11 is 0.841. The summed E-state index contributed by atoms with van der Waals surface area (Å²) in [7, 11) is -2.15. The minimum Gasteiger partial charge on any atom is -0.290 e. The molecular weight excluding hydrogens is 502 g/mol. The number of nitrogens with zero attached hydrogens (tertiary/aromatic N) is 4. The number of hydrazine groups is 2. The van der Waals surface area contributed by atoms with E-state index in [1.54, 1.807) is 10.6 Å². The first-order valence-corrected chi connectivity index (χ1v) is 13.6. The molecule has 4 N–H and O–H groups in total. The van der Waals surface area contributed by atoms with Crippen LogP contribution in [0.5, 0.6) is 0 Å². The number of nitrogens with one attached hydrogen (secondary N) is 4. The lowest BCUT2D eigenvalue weighted by atomic mass is 10.1. The van der Waals surface area contributed by atoms with E-state index < -0.39 is 38.5 Å². The summed E-state index contributed by atoms with van der Waals surface area (Å²) in [6.45, 7) is 2.37. The summed E-state index contributed by atoms with van der Waals surface area (Å²) in [6.07, 6.45) is -1.01. The van der Waals surface area contributed by atoms with E-state index in [-0.39, 0.29) is 17.0 Å². The van der Waals surface area contributed by atoms with Gasteiger partial charge in [-0.15, -0.1) is 0 Å². The van der Waals surface area contributed by atoms with Crippen molar-refractivity contribution in [1.82, 2.24) is 35.1 Å². The van der Waals surface area contributed by atoms with Gasteiger partial charge in [0.1, 0.15) is 10.9 Å². The van der Waals surface area contributed by atoms with Gasteiger partial charge in [0.2, 0.25) is 10.0 Å². The predicted octanol–water partition coefficient (Wildman–Crippen LogP) is 0.623. The van der Waals surface area contributed by atoms with E-state index in [9.17, 15) is 27.3 Å². The SMILES string of the molecule is CC1CC(Cn2c(=O)n(C3NNC(C(F)F)S3)c3cc(S(=O)(=O)NC4(C#N)CC4)ccc32)N(C)N1. The molecule has 0 amide bonds. The van der Waals surface area contributed by atoms with Crippen LogP contribution in [0.1, 0.15) is 31.7 Å². The highest BCUT2D eigenvalue weighted by Crippen LogP contribution is 2.37. The molecule has 3 fully saturated rings. The number of sulfonamides is 1. The molecule has 1 aliphatic carbocycles. The van der Waals surface area contributed by atoms with E-state index in [4.69, 9.17) is 0 Å². The smallest absolute Gasteiger partial charge is 0.290 e. The van der Waals surface area contributed by atoms with Gasteiger partial charge in [-0.2, -0.15) is 9.98 Å². The van der Waals surface area contributed by atoms with Crippen molar-refractivity contribution in [3.8, 4) is 6.07 Å². The Morgan fingerprint density at radius 1 is 1.31 bits per heavy atom. The van der Waals surface area contributed by atoms with Crippen molar-refractivity contribution < 1.29 is 17.2 Å². The van der Waals surface area contributed by atoms with Crippen LogP contribution in [-0.2, 0) is 16.6 Å². The molecule has 4 unspecified atom stereocenters. The van der Waals surface area contributed by atoms with E-state index in [1.165, 1.54) is 16.7 Å². The molecule has 35 heavy (non-hydrogen) atoms. The zero-order chi connectivity index (χ0) is 25.1. The molecule has 1 aromatic carbocycles. The molecule has 3 aliphatic rings. The van der Waals surface area contributed by atoms with Gasteiger partial charge in [-0.25, -0.2) is 37.9 Å². The number of thioether (sulfide) groups is 1. The predicted molar refractivity (Wildman–Crippen MR) is 126 cm³/mol. The van der Waals surface area contributed by atoms with Crippen LogP contribution < -0.4 is 26.7 Å². The zero-order valence-corrected chi connectivity index (χ0v) is 20.7. The summed E-state index contributed by atoms with van der Waals surface area (Å²) < 4.78 is 57.9. The monoisotopic (exact) mass is 528 g/mol. The number of fused-ring (bicyclic) bond motifs is 1. The first kappa shape index (κ1) is 24.6. The number of alkyl halides is 2. The lowest BCUT2D eigenvalue weighted by molar-refractivity contribution is 0.131. The Balaban J connectivity index is 1.58. The first-order chi connectivity index (χ1) is 16.5. The van der Waals surface area contributed by atoms with Gasteiger partial charge in [-0.05, 0) is 44.4 Å². The zero-order valence-electron chi connectivity index (χ0n) is 19.0. The second kappa shape index (κ2) is 8.80. The Kier molecular flexibility index (Phi) is 6.19. The Morgan fingerprint density at radius 3 is 2.63 bits per heavy atom. The van der Waals surface area contributed by atoms with Crippen LogP contribution in [0.2, 0.25) is 0 Å². The number of halogens is 2. The van der Waals surface area contributed by atoms with Crippen molar-refractivity contribution in [3.05, 3.63) is 28.7 Å². The van der Waals surface area contributed by atoms with Crippen LogP contribution >= 0.6 is 11.8 Å². The summed E-state index contributed by atoms with van der Waals surface area (Å²) in [5, 5.41) is 10.0. The quantitative estimate of drug-likeness (QED) is 0.408. The molecular formula is C20H26F2N8O3S2. The van der Waals surface area contributed by atoms with Gasteiger partial charge in [-0.3, -0.25) is 14.6 Å². The lowest BCUT2D eigenvalue weighted by Gasteiger charge is -2.19. The van der Waals surface area contributed by atoms with Crippen LogP contribution in [0.25, 0.3) is 11.0 Å². The maximum absolute atomic E-state index is 13.6. The van der Waals surface area contributed by atoms with E-state index >= 15 is 0 Å². The highest BCUT2D eigenvalue weighted by atomic mass is 32.2. The van der Waals surface area contributed by atoms with E-state index in [0.717, 1.165) is 18.2 Å². The number of aromatic nitrogens is 2. The summed E-state index contributed by atoms with van der Waals surface area (Å²) in [6, 6.07) is 6.54. The third-order valence-electron chi connectivity index (χ3n) is 6.62. The summed E-state index contributed by atoms with van der Waals surface area (Å²) in [4.78, 5) is 13.5. The standard InChI is InChI=1S/C20H26F2N8O3S2/c1-11-7-12(28(2)26-11)9-29-14-4-3-13(35(32,33)27-20(10-23)5-6-20)8-15(14)30(19(29)31)18-25-24-17(34-18)16(21)22/h3-4,8,11-12,16-18,24-27H,5-7,9H2,1-2H3. The van der Waals surface area contributed by atoms with Gasteiger partial charge in [0.05, 0.1) is 22.0 Å². The number of nitriles is 1. The van der Waals surface area contributed by atoms with Crippen molar-refractivity contribution in [1.29, 1.82) is 5.26 Å². The Hall–Kier alpha value is -2.06. The van der Waals surface area contributed by atoms with Crippen molar-refractivity contribution in [2.45, 2.75) is 72.5 Å². The van der Waals surface area contributed by atoms with Crippen molar-refractivity contribution in [2.75, 3.05) is 7.05 Å². The highest BCUT2D eigenvalue weighted by Gasteiger charge is 2.47. The lowest BCUT2D eigenvalue weighted by Crippen LogP contribution is -2.40. The van der Waals surface area contributed by atoms with Gasteiger partial charge in [-0.1, -0.05) is 11.8 Å². The third kappa shape index (κ3) is 4.48. The number of imidazole rings is 1. The molecule has 3 heterocycles. The van der Waals surface area contributed by atoms with Gasteiger partial charge >= 0.3 is 5.69 Å². The largest absolute Gasteiger partial charge is 0.331 e. The molecule has 4 atom stereocenters. The molecule has 5 rings (SSSR count). The summed E-state index contributed by atoms with van der Waals surface area (Å²) in [5.41, 5.74) is 6.88. The maximum Gasteiger partial charge on any atom is 0.331 e. The molecule has 2 saturated heterocycles. The van der Waals surface area contributed by atoms with Crippen LogP contribution in [0, 0.1) is 11.3 Å². The number of hydrogen-bond acceptors (Lipinski definition) is 9. The molecule has 15 heteroatoms. The Bertz CT molecular complexity index is 1350. The van der Waals surface area contributed by atoms with Gasteiger partial charge in [0.15, 0.2) is 5.50 Å². The summed E-state index contributed by atoms with van der Waals surface area (Å²) in [5.74, 6) is 0. The third-order valence-corrected chi connectivity index (χ3v) is 9.35.